The van der Waals surface area contributed by atoms with Gasteiger partial charge in [0.05, 0.1) is 19.2 Å². The molecular weight excluding hydrogens is 308 g/mol. The number of amides is 1. The summed E-state index contributed by atoms with van der Waals surface area (Å²) in [7, 11) is 0. The molecule has 1 saturated heterocycles. The van der Waals surface area contributed by atoms with Crippen LogP contribution in [-0.2, 0) is 16.1 Å². The van der Waals surface area contributed by atoms with Crippen LogP contribution in [0.15, 0.2) is 34.9 Å². The van der Waals surface area contributed by atoms with Crippen LogP contribution in [0.3, 0.4) is 0 Å². The van der Waals surface area contributed by atoms with E-state index in [9.17, 15) is 4.79 Å². The fourth-order valence-corrected chi connectivity index (χ4v) is 2.83. The molecule has 0 bridgehead atoms. The van der Waals surface area contributed by atoms with Gasteiger partial charge in [0.2, 0.25) is 5.91 Å². The number of ether oxygens (including phenoxy) is 1. The number of nitrogens with zero attached hydrogens (tertiary/aromatic N) is 2. The predicted molar refractivity (Wildman–Crippen MR) is 77.0 cm³/mol. The van der Waals surface area contributed by atoms with Crippen LogP contribution in [0.4, 0.5) is 0 Å². The molecule has 4 nitrogen and oxygen atoms in total. The number of carbonyl (C=O) groups is 1. The van der Waals surface area contributed by atoms with Gasteiger partial charge in [-0.1, -0.05) is 18.2 Å². The third-order valence-corrected chi connectivity index (χ3v) is 3.95. The maximum absolute atomic E-state index is 12.3. The molecule has 1 fully saturated rings. The molecule has 0 unspecified atom stereocenters. The molecule has 2 aromatic rings. The van der Waals surface area contributed by atoms with Crippen molar-refractivity contribution in [2.45, 2.75) is 6.54 Å². The van der Waals surface area contributed by atoms with Crippen molar-refractivity contribution in [2.75, 3.05) is 26.3 Å². The molecule has 19 heavy (non-hydrogen) atoms. The van der Waals surface area contributed by atoms with E-state index in [1.54, 1.807) is 0 Å². The van der Waals surface area contributed by atoms with Crippen molar-refractivity contribution in [2.24, 2.45) is 0 Å². The summed E-state index contributed by atoms with van der Waals surface area (Å²) in [6.07, 6.45) is 0. The Morgan fingerprint density at radius 1 is 1.37 bits per heavy atom. The molecular formula is C14H15BrN2O2. The van der Waals surface area contributed by atoms with Gasteiger partial charge in [-0.3, -0.25) is 4.79 Å². The van der Waals surface area contributed by atoms with Crippen LogP contribution in [0.2, 0.25) is 0 Å². The van der Waals surface area contributed by atoms with Crippen molar-refractivity contribution in [1.82, 2.24) is 9.47 Å². The Balaban J connectivity index is 1.90. The van der Waals surface area contributed by atoms with Crippen molar-refractivity contribution in [3.05, 3.63) is 34.9 Å². The van der Waals surface area contributed by atoms with Crippen molar-refractivity contribution >= 4 is 32.7 Å². The largest absolute Gasteiger partial charge is 0.378 e. The van der Waals surface area contributed by atoms with Gasteiger partial charge in [0.25, 0.3) is 0 Å². The minimum absolute atomic E-state index is 0.0646. The van der Waals surface area contributed by atoms with Crippen LogP contribution in [0.5, 0.6) is 0 Å². The van der Waals surface area contributed by atoms with Gasteiger partial charge in [0.1, 0.15) is 6.54 Å². The lowest BCUT2D eigenvalue weighted by molar-refractivity contribution is -0.135. The van der Waals surface area contributed by atoms with Gasteiger partial charge in [-0.05, 0) is 28.0 Å². The molecule has 1 amide bonds. The van der Waals surface area contributed by atoms with Gasteiger partial charge < -0.3 is 14.2 Å². The van der Waals surface area contributed by atoms with Crippen LogP contribution >= 0.6 is 15.9 Å². The number of morpholine rings is 1. The van der Waals surface area contributed by atoms with E-state index in [2.05, 4.69) is 15.9 Å². The average molecular weight is 325 g/mol. The zero-order chi connectivity index (χ0) is 14.1. The maximum atomic E-state index is 12.3. The van der Waals surface area contributed by atoms with Crippen LogP contribution in [0.1, 0.15) is 1.37 Å². The Kier molecular flexibility index (Phi) is 3.23. The van der Waals surface area contributed by atoms with Gasteiger partial charge in [-0.2, -0.15) is 0 Å². The third kappa shape index (κ3) is 2.53. The first kappa shape index (κ1) is 11.5. The summed E-state index contributed by atoms with van der Waals surface area (Å²) in [4.78, 5) is 14.2. The van der Waals surface area contributed by atoms with Crippen LogP contribution in [0, 0.1) is 0 Å². The molecule has 1 aliphatic heterocycles. The summed E-state index contributed by atoms with van der Waals surface area (Å²) in [6, 6.07) is 8.09. The highest BCUT2D eigenvalue weighted by Crippen LogP contribution is 2.24. The van der Waals surface area contributed by atoms with Crippen molar-refractivity contribution < 1.29 is 10.9 Å². The lowest BCUT2D eigenvalue weighted by atomic mass is 10.2. The van der Waals surface area contributed by atoms with E-state index < -0.39 is 0 Å². The van der Waals surface area contributed by atoms with E-state index in [4.69, 9.17) is 6.11 Å². The first-order valence-corrected chi connectivity index (χ1v) is 7.06. The molecule has 0 spiro atoms. The molecule has 1 aliphatic rings. The second kappa shape index (κ2) is 5.35. The quantitative estimate of drug-likeness (QED) is 0.849. The van der Waals surface area contributed by atoms with Crippen molar-refractivity contribution in [1.29, 1.82) is 0 Å². The van der Waals surface area contributed by atoms with Gasteiger partial charge >= 0.3 is 0 Å². The van der Waals surface area contributed by atoms with Gasteiger partial charge in [0.15, 0.2) is 0 Å². The topological polar surface area (TPSA) is 34.5 Å². The molecule has 100 valence electrons. The fourth-order valence-electron chi connectivity index (χ4n) is 2.30. The predicted octanol–water partition coefficient (Wildman–Crippen LogP) is 2.26. The highest BCUT2D eigenvalue weighted by atomic mass is 79.9. The second-order valence-electron chi connectivity index (χ2n) is 4.51. The van der Waals surface area contributed by atoms with Gasteiger partial charge in [-0.15, -0.1) is 0 Å². The zero-order valence-corrected chi connectivity index (χ0v) is 12.0. The molecule has 5 heteroatoms. The molecule has 3 rings (SSSR count). The highest BCUT2D eigenvalue weighted by Gasteiger charge is 2.18. The third-order valence-electron chi connectivity index (χ3n) is 3.33. The highest BCUT2D eigenvalue weighted by molar-refractivity contribution is 9.10. The maximum Gasteiger partial charge on any atom is 0.242 e. The summed E-state index contributed by atoms with van der Waals surface area (Å²) in [6.45, 7) is 2.73. The Morgan fingerprint density at radius 3 is 2.89 bits per heavy atom. The number of rotatable bonds is 2. The lowest BCUT2D eigenvalue weighted by Gasteiger charge is -2.27. The van der Waals surface area contributed by atoms with E-state index in [0.29, 0.717) is 36.9 Å². The first-order chi connectivity index (χ1) is 9.68. The first-order valence-electron chi connectivity index (χ1n) is 6.77. The molecule has 1 aromatic heterocycles. The zero-order valence-electron chi connectivity index (χ0n) is 11.4. The van der Waals surface area contributed by atoms with Crippen molar-refractivity contribution in [3.63, 3.8) is 0 Å². The van der Waals surface area contributed by atoms with E-state index in [0.717, 1.165) is 10.9 Å². The normalized spacial score (nSPS) is 16.7. The number of carbonyl (C=O) groups excluding carboxylic acids is 1. The number of halogens is 1. The van der Waals surface area contributed by atoms with Crippen LogP contribution < -0.4 is 0 Å². The summed E-state index contributed by atoms with van der Waals surface area (Å²) >= 11 is 3.43. The lowest BCUT2D eigenvalue weighted by Crippen LogP contribution is -2.42. The average Bonchev–Trinajstić information content (AvgIpc) is 2.74. The van der Waals surface area contributed by atoms with E-state index in [1.807, 2.05) is 33.7 Å². The molecule has 1 aromatic carbocycles. The summed E-state index contributed by atoms with van der Waals surface area (Å²) in [5.41, 5.74) is 0.908. The van der Waals surface area contributed by atoms with Crippen molar-refractivity contribution in [3.8, 4) is 0 Å². The SMILES string of the molecule is [3H]c1c(Br)n(CC(=O)N2CCOCC2)c2ccccc12. The molecule has 0 radical (unpaired) electrons. The molecule has 0 saturated carbocycles. The standard InChI is InChI=1S/C14H15BrN2O2/c15-13-9-11-3-1-2-4-12(11)17(13)10-14(18)16-5-7-19-8-6-16/h1-4,9H,5-8,10H2/i9T. The summed E-state index contributed by atoms with van der Waals surface area (Å²) in [5.74, 6) is 0.0646. The Hall–Kier alpha value is -1.33. The number of hydrogen-bond acceptors (Lipinski definition) is 2. The Morgan fingerprint density at radius 2 is 2.11 bits per heavy atom. The van der Waals surface area contributed by atoms with Crippen LogP contribution in [-0.4, -0.2) is 41.7 Å². The molecule has 0 atom stereocenters. The number of aromatic nitrogens is 1. The Bertz CT molecular complexity index is 650. The summed E-state index contributed by atoms with van der Waals surface area (Å²) < 4.78 is 15.9. The number of fused-ring (bicyclic) bond motifs is 1. The number of para-hydroxylation sites is 1. The van der Waals surface area contributed by atoms with E-state index in [1.165, 1.54) is 0 Å². The molecule has 0 N–H and O–H groups in total. The molecule has 0 aliphatic carbocycles. The summed E-state index contributed by atoms with van der Waals surface area (Å²) in [5, 5.41) is 0.856. The monoisotopic (exact) mass is 324 g/mol. The van der Waals surface area contributed by atoms with E-state index in [-0.39, 0.29) is 12.5 Å². The smallest absolute Gasteiger partial charge is 0.242 e. The number of benzene rings is 1. The fraction of sp³-hybridized carbons (Fsp3) is 0.357. The van der Waals surface area contributed by atoms with E-state index >= 15 is 0 Å². The van der Waals surface area contributed by atoms with Gasteiger partial charge in [-0.25, -0.2) is 0 Å². The van der Waals surface area contributed by atoms with Crippen LogP contribution in [0.25, 0.3) is 10.9 Å². The Labute approximate surface area is 121 Å². The minimum Gasteiger partial charge on any atom is -0.378 e. The minimum atomic E-state index is 0.0646. The van der Waals surface area contributed by atoms with Gasteiger partial charge in [0, 0.05) is 24.0 Å². The molecule has 2 heterocycles. The number of hydrogen-bond donors (Lipinski definition) is 0. The second-order valence-corrected chi connectivity index (χ2v) is 5.26.